The summed E-state index contributed by atoms with van der Waals surface area (Å²) < 4.78 is 5.25. The molecule has 0 saturated heterocycles. The van der Waals surface area contributed by atoms with E-state index in [2.05, 4.69) is 22.0 Å². The second kappa shape index (κ2) is 5.16. The monoisotopic (exact) mass is 266 g/mol. The van der Waals surface area contributed by atoms with Gasteiger partial charge in [0.1, 0.15) is 0 Å². The van der Waals surface area contributed by atoms with Crippen LogP contribution in [0, 0.1) is 6.92 Å². The van der Waals surface area contributed by atoms with Crippen molar-refractivity contribution >= 4 is 11.3 Å². The highest BCUT2D eigenvalue weighted by Crippen LogP contribution is 2.22. The van der Waals surface area contributed by atoms with Crippen molar-refractivity contribution in [1.29, 1.82) is 0 Å². The lowest BCUT2D eigenvalue weighted by Crippen LogP contribution is -2.33. The molecule has 2 N–H and O–H groups in total. The molecule has 0 aliphatic carbocycles. The van der Waals surface area contributed by atoms with E-state index in [-0.39, 0.29) is 0 Å². The van der Waals surface area contributed by atoms with E-state index in [0.29, 0.717) is 18.1 Å². The number of nitrogens with two attached hydrogens (primary N) is 1. The minimum absolute atomic E-state index is 0.506. The quantitative estimate of drug-likeness (QED) is 0.899. The van der Waals surface area contributed by atoms with Gasteiger partial charge in [-0.1, -0.05) is 18.5 Å². The number of hydrogen-bond donors (Lipinski definition) is 1. The molecule has 2 aromatic heterocycles. The van der Waals surface area contributed by atoms with Gasteiger partial charge in [-0.15, -0.1) is 11.3 Å². The molecule has 1 atom stereocenters. The van der Waals surface area contributed by atoms with E-state index in [1.807, 2.05) is 19.2 Å². The molecule has 2 aromatic rings. The topological polar surface area (TPSA) is 77.8 Å². The molecule has 2 rings (SSSR count). The molecule has 0 bridgehead atoms. The molecule has 0 spiro atoms. The van der Waals surface area contributed by atoms with Gasteiger partial charge in [-0.05, 0) is 20.3 Å². The van der Waals surface area contributed by atoms with Crippen molar-refractivity contribution in [2.45, 2.75) is 45.6 Å². The number of nitrogens with zero attached hydrogens (tertiary/aromatic N) is 3. The molecule has 18 heavy (non-hydrogen) atoms. The predicted octanol–water partition coefficient (Wildman–Crippen LogP) is 2.40. The Morgan fingerprint density at radius 3 is 2.83 bits per heavy atom. The first-order valence-electron chi connectivity index (χ1n) is 6.04. The van der Waals surface area contributed by atoms with Crippen LogP contribution in [0.15, 0.2) is 9.90 Å². The van der Waals surface area contributed by atoms with E-state index < -0.39 is 5.54 Å². The second-order valence-corrected chi connectivity index (χ2v) is 5.78. The minimum atomic E-state index is -0.544. The highest BCUT2D eigenvalue weighted by Gasteiger charge is 2.27. The average Bonchev–Trinajstić information content (AvgIpc) is 2.89. The van der Waals surface area contributed by atoms with Gasteiger partial charge in [-0.3, -0.25) is 0 Å². The molecular weight excluding hydrogens is 248 g/mol. The molecule has 98 valence electrons. The van der Waals surface area contributed by atoms with E-state index in [1.54, 1.807) is 11.3 Å². The smallest absolute Gasteiger partial charge is 0.246 e. The van der Waals surface area contributed by atoms with Crippen LogP contribution in [0.4, 0.5) is 0 Å². The van der Waals surface area contributed by atoms with Gasteiger partial charge in [0, 0.05) is 5.38 Å². The van der Waals surface area contributed by atoms with Crippen molar-refractivity contribution in [3.63, 3.8) is 0 Å². The van der Waals surface area contributed by atoms with E-state index in [4.69, 9.17) is 10.3 Å². The van der Waals surface area contributed by atoms with Gasteiger partial charge in [-0.25, -0.2) is 4.98 Å². The van der Waals surface area contributed by atoms with Crippen molar-refractivity contribution in [3.8, 4) is 0 Å². The fraction of sp³-hybridized carbons (Fsp3) is 0.583. The maximum Gasteiger partial charge on any atom is 0.246 e. The molecule has 0 amide bonds. The summed E-state index contributed by atoms with van der Waals surface area (Å²) in [5.41, 5.74) is 6.58. The fourth-order valence-corrected chi connectivity index (χ4v) is 2.45. The summed E-state index contributed by atoms with van der Waals surface area (Å²) in [6, 6.07) is 0. The lowest BCUT2D eigenvalue weighted by atomic mass is 9.98. The normalized spacial score (nSPS) is 14.7. The van der Waals surface area contributed by atoms with Crippen LogP contribution < -0.4 is 5.73 Å². The third kappa shape index (κ3) is 2.94. The lowest BCUT2D eigenvalue weighted by molar-refractivity contribution is 0.282. The van der Waals surface area contributed by atoms with Crippen LogP contribution in [-0.4, -0.2) is 15.1 Å². The van der Waals surface area contributed by atoms with Crippen molar-refractivity contribution in [2.24, 2.45) is 5.73 Å². The highest BCUT2D eigenvalue weighted by molar-refractivity contribution is 7.09. The number of thiazole rings is 1. The standard InChI is InChI=1S/C12H18N4OS/c1-4-5-12(3,13)11-15-10(16-17-11)6-9-7-18-8(2)14-9/h7H,4-6,13H2,1-3H3. The Kier molecular flexibility index (Phi) is 3.77. The largest absolute Gasteiger partial charge is 0.337 e. The van der Waals surface area contributed by atoms with E-state index in [0.717, 1.165) is 23.5 Å². The minimum Gasteiger partial charge on any atom is -0.337 e. The van der Waals surface area contributed by atoms with Crippen LogP contribution in [0.5, 0.6) is 0 Å². The Morgan fingerprint density at radius 1 is 1.44 bits per heavy atom. The molecule has 6 heteroatoms. The van der Waals surface area contributed by atoms with Crippen LogP contribution in [0.25, 0.3) is 0 Å². The van der Waals surface area contributed by atoms with Crippen molar-refractivity contribution in [3.05, 3.63) is 27.8 Å². The van der Waals surface area contributed by atoms with Crippen molar-refractivity contribution < 1.29 is 4.52 Å². The van der Waals surface area contributed by atoms with E-state index >= 15 is 0 Å². The Labute approximate surface area is 110 Å². The van der Waals surface area contributed by atoms with Gasteiger partial charge >= 0.3 is 0 Å². The van der Waals surface area contributed by atoms with E-state index in [9.17, 15) is 0 Å². The van der Waals surface area contributed by atoms with Gasteiger partial charge in [0.25, 0.3) is 0 Å². The summed E-state index contributed by atoms with van der Waals surface area (Å²) in [7, 11) is 0. The van der Waals surface area contributed by atoms with Crippen molar-refractivity contribution in [2.75, 3.05) is 0 Å². The summed E-state index contributed by atoms with van der Waals surface area (Å²) in [6.07, 6.45) is 2.40. The Morgan fingerprint density at radius 2 is 2.22 bits per heavy atom. The van der Waals surface area contributed by atoms with Crippen LogP contribution in [0.2, 0.25) is 0 Å². The first-order valence-corrected chi connectivity index (χ1v) is 6.92. The maximum absolute atomic E-state index is 6.15. The molecule has 5 nitrogen and oxygen atoms in total. The third-order valence-electron chi connectivity index (χ3n) is 2.73. The zero-order chi connectivity index (χ0) is 13.2. The summed E-state index contributed by atoms with van der Waals surface area (Å²) in [5.74, 6) is 1.15. The predicted molar refractivity (Wildman–Crippen MR) is 70.4 cm³/mol. The summed E-state index contributed by atoms with van der Waals surface area (Å²) in [4.78, 5) is 8.75. The van der Waals surface area contributed by atoms with Gasteiger partial charge in [-0.2, -0.15) is 4.98 Å². The van der Waals surface area contributed by atoms with Gasteiger partial charge in [0.05, 0.1) is 22.7 Å². The zero-order valence-corrected chi connectivity index (χ0v) is 11.8. The van der Waals surface area contributed by atoms with Gasteiger partial charge in [0.15, 0.2) is 5.82 Å². The fourth-order valence-electron chi connectivity index (χ4n) is 1.84. The molecule has 2 heterocycles. The average molecular weight is 266 g/mol. The van der Waals surface area contributed by atoms with Gasteiger partial charge in [0.2, 0.25) is 5.89 Å². The molecule has 0 aliphatic heterocycles. The zero-order valence-electron chi connectivity index (χ0n) is 10.9. The van der Waals surface area contributed by atoms with Crippen LogP contribution in [-0.2, 0) is 12.0 Å². The molecule has 0 fully saturated rings. The summed E-state index contributed by atoms with van der Waals surface area (Å²) in [5, 5.41) is 7.03. The Bertz CT molecular complexity index is 518. The van der Waals surface area contributed by atoms with Crippen molar-refractivity contribution in [1.82, 2.24) is 15.1 Å². The number of aromatic nitrogens is 3. The van der Waals surface area contributed by atoms with Crippen LogP contribution in [0.3, 0.4) is 0 Å². The number of hydrogen-bond acceptors (Lipinski definition) is 6. The lowest BCUT2D eigenvalue weighted by Gasteiger charge is -2.18. The highest BCUT2D eigenvalue weighted by atomic mass is 32.1. The number of rotatable bonds is 5. The molecule has 0 saturated carbocycles. The molecule has 1 unspecified atom stereocenters. The summed E-state index contributed by atoms with van der Waals surface area (Å²) in [6.45, 7) is 5.98. The van der Waals surface area contributed by atoms with Crippen LogP contribution >= 0.6 is 11.3 Å². The molecule has 0 aliphatic rings. The maximum atomic E-state index is 6.15. The first kappa shape index (κ1) is 13.2. The SMILES string of the molecule is CCCC(C)(N)c1nc(Cc2csc(C)n2)no1. The summed E-state index contributed by atoms with van der Waals surface area (Å²) >= 11 is 1.62. The first-order chi connectivity index (χ1) is 8.51. The third-order valence-corrected chi connectivity index (χ3v) is 3.55. The Hall–Kier alpha value is -1.27. The molecular formula is C12H18N4OS. The van der Waals surface area contributed by atoms with Crippen LogP contribution in [0.1, 0.15) is 49.1 Å². The van der Waals surface area contributed by atoms with Gasteiger partial charge < -0.3 is 10.3 Å². The van der Waals surface area contributed by atoms with E-state index in [1.165, 1.54) is 0 Å². The molecule has 0 aromatic carbocycles. The second-order valence-electron chi connectivity index (χ2n) is 4.72. The Balaban J connectivity index is 2.11. The molecule has 0 radical (unpaired) electrons. The number of aryl methyl sites for hydroxylation is 1.